The molecule has 2 rings (SSSR count). The van der Waals surface area contributed by atoms with Gasteiger partial charge in [-0.3, -0.25) is 0 Å². The van der Waals surface area contributed by atoms with Crippen LogP contribution in [0.15, 0.2) is 61.7 Å². The molecule has 2 aromatic rings. The van der Waals surface area contributed by atoms with E-state index in [9.17, 15) is 0 Å². The van der Waals surface area contributed by atoms with E-state index in [1.54, 1.807) is 5.37 Å². The second-order valence-corrected chi connectivity index (χ2v) is 4.17. The van der Waals surface area contributed by atoms with E-state index in [1.165, 1.54) is 5.56 Å². The third-order valence-corrected chi connectivity index (χ3v) is 2.78. The molecule has 0 N–H and O–H groups in total. The molecular weight excluding hydrogens is 252 g/mol. The van der Waals surface area contributed by atoms with Gasteiger partial charge in [0.2, 0.25) is 0 Å². The Hall–Kier alpha value is -1.93. The van der Waals surface area contributed by atoms with E-state index < -0.39 is 0 Å². The Morgan fingerprint density at radius 2 is 1.79 bits per heavy atom. The van der Waals surface area contributed by atoms with Crippen LogP contribution in [0.1, 0.15) is 16.7 Å². The van der Waals surface area contributed by atoms with E-state index in [-0.39, 0.29) is 0 Å². The molecule has 0 bridgehead atoms. The summed E-state index contributed by atoms with van der Waals surface area (Å²) < 4.78 is 5.77. The fourth-order valence-electron chi connectivity index (χ4n) is 1.63. The van der Waals surface area contributed by atoms with Crippen LogP contribution in [0.4, 0.5) is 0 Å². The highest BCUT2D eigenvalue weighted by molar-refractivity contribution is 7.79. The van der Waals surface area contributed by atoms with Crippen molar-refractivity contribution < 1.29 is 4.74 Å². The summed E-state index contributed by atoms with van der Waals surface area (Å²) in [6.45, 7) is 8.61. The molecule has 0 saturated heterocycles. The summed E-state index contributed by atoms with van der Waals surface area (Å²) in [5, 5.41) is 1.66. The lowest BCUT2D eigenvalue weighted by atomic mass is 10.1. The van der Waals surface area contributed by atoms with E-state index in [2.05, 4.69) is 13.2 Å². The number of hydrogen-bond donors (Lipinski definition) is 0. The Labute approximate surface area is 120 Å². The van der Waals surface area contributed by atoms with Gasteiger partial charge in [0.1, 0.15) is 12.4 Å². The highest BCUT2D eigenvalue weighted by atomic mass is 32.1. The molecule has 2 aromatic carbocycles. The van der Waals surface area contributed by atoms with Gasteiger partial charge in [-0.2, -0.15) is 0 Å². The lowest BCUT2D eigenvalue weighted by molar-refractivity contribution is 0.306. The summed E-state index contributed by atoms with van der Waals surface area (Å²) in [5.41, 5.74) is 3.31. The molecule has 1 nitrogen and oxygen atoms in total. The molecule has 0 amide bonds. The SMILES string of the molecule is C=C.Cc1ccc(OCc2ccccc2)c(C=S)c1. The molecular formula is C17H18OS. The summed E-state index contributed by atoms with van der Waals surface area (Å²) >= 11 is 4.99. The summed E-state index contributed by atoms with van der Waals surface area (Å²) in [6.07, 6.45) is 0. The van der Waals surface area contributed by atoms with E-state index in [0.717, 1.165) is 16.9 Å². The van der Waals surface area contributed by atoms with Crippen LogP contribution in [0, 0.1) is 6.92 Å². The van der Waals surface area contributed by atoms with Crippen LogP contribution in [0.2, 0.25) is 0 Å². The van der Waals surface area contributed by atoms with Gasteiger partial charge >= 0.3 is 0 Å². The average molecular weight is 270 g/mol. The van der Waals surface area contributed by atoms with Gasteiger partial charge in [-0.15, -0.1) is 13.2 Å². The molecule has 0 saturated carbocycles. The number of benzene rings is 2. The van der Waals surface area contributed by atoms with Crippen LogP contribution in [0.3, 0.4) is 0 Å². The standard InChI is InChI=1S/C15H14OS.C2H4/c1-12-7-8-15(14(9-12)11-17)16-10-13-5-3-2-4-6-13;1-2/h2-9,11H,10H2,1H3;1-2H2. The third kappa shape index (κ3) is 4.68. The molecule has 0 fully saturated rings. The lowest BCUT2D eigenvalue weighted by Crippen LogP contribution is -1.98. The molecule has 0 spiro atoms. The molecule has 0 unspecified atom stereocenters. The van der Waals surface area contributed by atoms with E-state index >= 15 is 0 Å². The minimum atomic E-state index is 0.570. The molecule has 0 aromatic heterocycles. The first-order valence-electron chi connectivity index (χ1n) is 6.02. The van der Waals surface area contributed by atoms with Gasteiger partial charge in [-0.1, -0.05) is 54.2 Å². The smallest absolute Gasteiger partial charge is 0.127 e. The number of aryl methyl sites for hydroxylation is 1. The van der Waals surface area contributed by atoms with Crippen LogP contribution in [0.5, 0.6) is 5.75 Å². The summed E-state index contributed by atoms with van der Waals surface area (Å²) in [7, 11) is 0. The molecule has 0 aliphatic carbocycles. The minimum absolute atomic E-state index is 0.570. The van der Waals surface area contributed by atoms with Crippen molar-refractivity contribution in [3.63, 3.8) is 0 Å². The average Bonchev–Trinajstić information content (AvgIpc) is 2.49. The summed E-state index contributed by atoms with van der Waals surface area (Å²) in [6, 6.07) is 16.1. The second kappa shape index (κ2) is 8.22. The first-order chi connectivity index (χ1) is 9.29. The highest BCUT2D eigenvalue weighted by Gasteiger charge is 2.01. The lowest BCUT2D eigenvalue weighted by Gasteiger charge is -2.09. The zero-order chi connectivity index (χ0) is 14.1. The van der Waals surface area contributed by atoms with Crippen molar-refractivity contribution in [2.24, 2.45) is 0 Å². The molecule has 0 atom stereocenters. The minimum Gasteiger partial charge on any atom is -0.488 e. The number of ether oxygens (including phenoxy) is 1. The van der Waals surface area contributed by atoms with Gasteiger partial charge in [0.25, 0.3) is 0 Å². The highest BCUT2D eigenvalue weighted by Crippen LogP contribution is 2.19. The Kier molecular flexibility index (Phi) is 6.55. The molecule has 19 heavy (non-hydrogen) atoms. The molecule has 0 aliphatic rings. The number of hydrogen-bond acceptors (Lipinski definition) is 2. The van der Waals surface area contributed by atoms with Crippen LogP contribution in [-0.2, 0) is 6.61 Å². The van der Waals surface area contributed by atoms with Crippen molar-refractivity contribution in [1.29, 1.82) is 0 Å². The van der Waals surface area contributed by atoms with Gasteiger partial charge in [0, 0.05) is 10.9 Å². The fraction of sp³-hybridized carbons (Fsp3) is 0.118. The van der Waals surface area contributed by atoms with Crippen molar-refractivity contribution >= 4 is 17.6 Å². The zero-order valence-electron chi connectivity index (χ0n) is 11.1. The Morgan fingerprint density at radius 3 is 2.42 bits per heavy atom. The Bertz CT molecular complexity index is 520. The maximum absolute atomic E-state index is 5.77. The van der Waals surface area contributed by atoms with Crippen molar-refractivity contribution in [1.82, 2.24) is 0 Å². The molecule has 98 valence electrons. The molecule has 0 aliphatic heterocycles. The van der Waals surface area contributed by atoms with Gasteiger partial charge in [0.15, 0.2) is 0 Å². The number of thiocarbonyl (C=S) groups is 1. The fourth-order valence-corrected chi connectivity index (χ4v) is 1.81. The molecule has 2 heteroatoms. The zero-order valence-corrected chi connectivity index (χ0v) is 12.0. The van der Waals surface area contributed by atoms with E-state index in [4.69, 9.17) is 17.0 Å². The first-order valence-corrected chi connectivity index (χ1v) is 6.49. The maximum Gasteiger partial charge on any atom is 0.127 e. The van der Waals surface area contributed by atoms with Crippen LogP contribution >= 0.6 is 12.2 Å². The Balaban J connectivity index is 0.000000861. The number of rotatable bonds is 4. The monoisotopic (exact) mass is 270 g/mol. The second-order valence-electron chi connectivity index (χ2n) is 3.93. The first kappa shape index (κ1) is 15.1. The van der Waals surface area contributed by atoms with Crippen molar-refractivity contribution in [3.8, 4) is 5.75 Å². The van der Waals surface area contributed by atoms with Gasteiger partial charge < -0.3 is 4.74 Å². The largest absolute Gasteiger partial charge is 0.488 e. The van der Waals surface area contributed by atoms with Crippen LogP contribution in [-0.4, -0.2) is 5.37 Å². The molecule has 0 radical (unpaired) electrons. The maximum atomic E-state index is 5.77. The van der Waals surface area contributed by atoms with Gasteiger partial charge in [-0.05, 0) is 24.6 Å². The van der Waals surface area contributed by atoms with Crippen LogP contribution < -0.4 is 4.74 Å². The summed E-state index contributed by atoms with van der Waals surface area (Å²) in [4.78, 5) is 0. The van der Waals surface area contributed by atoms with Crippen molar-refractivity contribution in [3.05, 3.63) is 78.4 Å². The van der Waals surface area contributed by atoms with Crippen molar-refractivity contribution in [2.75, 3.05) is 0 Å². The van der Waals surface area contributed by atoms with Gasteiger partial charge in [0.05, 0.1) is 0 Å². The van der Waals surface area contributed by atoms with E-state index in [0.29, 0.717) is 6.61 Å². The molecule has 0 heterocycles. The predicted molar refractivity (Wildman–Crippen MR) is 86.0 cm³/mol. The summed E-state index contributed by atoms with van der Waals surface area (Å²) in [5.74, 6) is 0.842. The van der Waals surface area contributed by atoms with Crippen molar-refractivity contribution in [2.45, 2.75) is 13.5 Å². The Morgan fingerprint density at radius 1 is 1.11 bits per heavy atom. The van der Waals surface area contributed by atoms with E-state index in [1.807, 2.05) is 55.5 Å². The topological polar surface area (TPSA) is 9.23 Å². The third-order valence-electron chi connectivity index (χ3n) is 2.53. The van der Waals surface area contributed by atoms with Crippen LogP contribution in [0.25, 0.3) is 0 Å². The quantitative estimate of drug-likeness (QED) is 0.587. The normalized spacial score (nSPS) is 9.11. The predicted octanol–water partition coefficient (Wildman–Crippen LogP) is 4.72. The van der Waals surface area contributed by atoms with Gasteiger partial charge in [-0.25, -0.2) is 0 Å².